The second-order valence-electron chi connectivity index (χ2n) is 6.97. The summed E-state index contributed by atoms with van der Waals surface area (Å²) in [5.74, 6) is 1.41. The lowest BCUT2D eigenvalue weighted by molar-refractivity contribution is 0.214. The van der Waals surface area contributed by atoms with Crippen LogP contribution in [0.15, 0.2) is 82.0 Å². The second-order valence-corrected chi connectivity index (χ2v) is 6.97. The fourth-order valence-electron chi connectivity index (χ4n) is 3.13. The number of ether oxygens (including phenoxy) is 2. The zero-order valence-corrected chi connectivity index (χ0v) is 16.5. The van der Waals surface area contributed by atoms with Crippen LogP contribution in [0.5, 0.6) is 11.5 Å². The summed E-state index contributed by atoms with van der Waals surface area (Å²) in [6.07, 6.45) is 0. The molecule has 0 atom stereocenters. The molecule has 0 aliphatic carbocycles. The van der Waals surface area contributed by atoms with E-state index in [1.54, 1.807) is 6.07 Å². The van der Waals surface area contributed by atoms with Crippen molar-refractivity contribution in [3.05, 3.63) is 94.1 Å². The molecule has 1 heterocycles. The molecule has 3 aromatic carbocycles. The Balaban J connectivity index is 1.67. The molecule has 4 heteroatoms. The minimum absolute atomic E-state index is 0.179. The van der Waals surface area contributed by atoms with Gasteiger partial charge < -0.3 is 13.9 Å². The van der Waals surface area contributed by atoms with Crippen molar-refractivity contribution in [3.63, 3.8) is 0 Å². The second kappa shape index (κ2) is 8.23. The third-order valence-corrected chi connectivity index (χ3v) is 4.66. The Morgan fingerprint density at radius 2 is 1.48 bits per heavy atom. The fourth-order valence-corrected chi connectivity index (χ4v) is 3.13. The van der Waals surface area contributed by atoms with Crippen LogP contribution in [0.1, 0.15) is 11.1 Å². The van der Waals surface area contributed by atoms with Crippen LogP contribution in [-0.2, 0) is 0 Å². The van der Waals surface area contributed by atoms with Crippen LogP contribution in [0.2, 0.25) is 0 Å². The molecule has 4 rings (SSSR count). The maximum atomic E-state index is 13.1. The highest BCUT2D eigenvalue weighted by atomic mass is 16.5. The molecule has 0 spiro atoms. The van der Waals surface area contributed by atoms with Crippen LogP contribution in [0.25, 0.3) is 22.3 Å². The topological polar surface area (TPSA) is 48.7 Å². The Morgan fingerprint density at radius 3 is 2.24 bits per heavy atom. The third kappa shape index (κ3) is 4.16. The molecule has 0 aliphatic heterocycles. The molecule has 0 amide bonds. The van der Waals surface area contributed by atoms with Crippen molar-refractivity contribution < 1.29 is 13.9 Å². The van der Waals surface area contributed by atoms with E-state index in [9.17, 15) is 4.79 Å². The highest BCUT2D eigenvalue weighted by molar-refractivity contribution is 5.82. The van der Waals surface area contributed by atoms with Crippen molar-refractivity contribution in [2.45, 2.75) is 13.8 Å². The van der Waals surface area contributed by atoms with E-state index >= 15 is 0 Å². The monoisotopic (exact) mass is 386 g/mol. The lowest BCUT2D eigenvalue weighted by Gasteiger charge is -2.13. The summed E-state index contributed by atoms with van der Waals surface area (Å²) >= 11 is 0. The molecule has 29 heavy (non-hydrogen) atoms. The van der Waals surface area contributed by atoms with Crippen molar-refractivity contribution in [2.24, 2.45) is 0 Å². The Bertz CT molecular complexity index is 1180. The van der Waals surface area contributed by atoms with Crippen molar-refractivity contribution in [1.29, 1.82) is 0 Å². The Morgan fingerprint density at radius 1 is 0.793 bits per heavy atom. The average molecular weight is 386 g/mol. The van der Waals surface area contributed by atoms with Gasteiger partial charge in [-0.05, 0) is 43.7 Å². The predicted molar refractivity (Wildman–Crippen MR) is 115 cm³/mol. The molecule has 4 aromatic rings. The van der Waals surface area contributed by atoms with E-state index in [2.05, 4.69) is 0 Å². The first-order chi connectivity index (χ1) is 14.1. The van der Waals surface area contributed by atoms with Crippen LogP contribution in [0.4, 0.5) is 0 Å². The van der Waals surface area contributed by atoms with E-state index in [4.69, 9.17) is 13.9 Å². The minimum atomic E-state index is -0.179. The summed E-state index contributed by atoms with van der Waals surface area (Å²) < 4.78 is 17.7. The average Bonchev–Trinajstić information content (AvgIpc) is 2.73. The molecule has 0 saturated carbocycles. The highest BCUT2D eigenvalue weighted by Crippen LogP contribution is 2.31. The number of fused-ring (bicyclic) bond motifs is 1. The van der Waals surface area contributed by atoms with Crippen molar-refractivity contribution in [3.8, 4) is 22.8 Å². The first-order valence-electron chi connectivity index (χ1n) is 9.57. The number of aryl methyl sites for hydroxylation is 2. The van der Waals surface area contributed by atoms with Gasteiger partial charge in [-0.3, -0.25) is 4.79 Å². The largest absolute Gasteiger partial charge is 0.490 e. The molecule has 1 aromatic heterocycles. The number of hydrogen-bond donors (Lipinski definition) is 0. The Hall–Kier alpha value is -3.53. The summed E-state index contributed by atoms with van der Waals surface area (Å²) in [6.45, 7) is 4.54. The Kier molecular flexibility index (Phi) is 5.34. The van der Waals surface area contributed by atoms with E-state index in [-0.39, 0.29) is 17.8 Å². The fraction of sp³-hybridized carbons (Fsp3) is 0.160. The normalized spacial score (nSPS) is 10.8. The van der Waals surface area contributed by atoms with Crippen LogP contribution in [-0.4, -0.2) is 13.2 Å². The van der Waals surface area contributed by atoms with Crippen molar-refractivity contribution >= 4 is 11.0 Å². The molecule has 4 nitrogen and oxygen atoms in total. The van der Waals surface area contributed by atoms with E-state index in [0.717, 1.165) is 22.4 Å². The number of para-hydroxylation sites is 1. The van der Waals surface area contributed by atoms with Crippen LogP contribution >= 0.6 is 0 Å². The maximum absolute atomic E-state index is 13.1. The van der Waals surface area contributed by atoms with Gasteiger partial charge in [0, 0.05) is 5.56 Å². The first-order valence-corrected chi connectivity index (χ1v) is 9.57. The van der Waals surface area contributed by atoms with Gasteiger partial charge >= 0.3 is 0 Å². The van der Waals surface area contributed by atoms with Gasteiger partial charge in [-0.1, -0.05) is 54.1 Å². The van der Waals surface area contributed by atoms with Gasteiger partial charge in [0.05, 0.1) is 5.39 Å². The number of rotatable bonds is 6. The van der Waals surface area contributed by atoms with Crippen LogP contribution in [0, 0.1) is 13.8 Å². The summed E-state index contributed by atoms with van der Waals surface area (Å²) in [6, 6.07) is 22.9. The molecule has 0 fully saturated rings. The lowest BCUT2D eigenvalue weighted by Crippen LogP contribution is -2.15. The molecule has 146 valence electrons. The number of benzene rings is 3. The van der Waals surface area contributed by atoms with Gasteiger partial charge in [-0.25, -0.2) is 0 Å². The van der Waals surface area contributed by atoms with Gasteiger partial charge in [0.2, 0.25) is 11.2 Å². The molecular formula is C25H22O4. The van der Waals surface area contributed by atoms with Crippen LogP contribution in [0.3, 0.4) is 0 Å². The van der Waals surface area contributed by atoms with Gasteiger partial charge in [0.1, 0.15) is 24.5 Å². The van der Waals surface area contributed by atoms with Gasteiger partial charge in [0.25, 0.3) is 0 Å². The third-order valence-electron chi connectivity index (χ3n) is 4.66. The zero-order chi connectivity index (χ0) is 20.2. The lowest BCUT2D eigenvalue weighted by atomic mass is 10.1. The SMILES string of the molecule is Cc1ccc(-c2oc3cc(C)ccc3c(=O)c2OCCOc2ccccc2)cc1. The van der Waals surface area contributed by atoms with E-state index in [1.165, 1.54) is 0 Å². The Labute approximate surface area is 169 Å². The van der Waals surface area contributed by atoms with Gasteiger partial charge in [0.15, 0.2) is 5.76 Å². The molecule has 0 aliphatic rings. The molecule has 0 radical (unpaired) electrons. The quantitative estimate of drug-likeness (QED) is 0.409. The number of hydrogen-bond acceptors (Lipinski definition) is 4. The van der Waals surface area contributed by atoms with E-state index in [1.807, 2.05) is 80.6 Å². The molecule has 0 saturated heterocycles. The van der Waals surface area contributed by atoms with Crippen molar-refractivity contribution in [2.75, 3.05) is 13.2 Å². The molecule has 0 unspecified atom stereocenters. The first kappa shape index (κ1) is 18.8. The summed E-state index contributed by atoms with van der Waals surface area (Å²) in [5.41, 5.74) is 3.34. The van der Waals surface area contributed by atoms with Crippen LogP contribution < -0.4 is 14.9 Å². The minimum Gasteiger partial charge on any atom is -0.490 e. The smallest absolute Gasteiger partial charge is 0.235 e. The van der Waals surface area contributed by atoms with E-state index < -0.39 is 0 Å². The van der Waals surface area contributed by atoms with E-state index in [0.29, 0.717) is 23.3 Å². The highest BCUT2D eigenvalue weighted by Gasteiger charge is 2.18. The van der Waals surface area contributed by atoms with Gasteiger partial charge in [-0.2, -0.15) is 0 Å². The molecular weight excluding hydrogens is 364 g/mol. The summed E-state index contributed by atoms with van der Waals surface area (Å²) in [4.78, 5) is 13.1. The molecule has 0 N–H and O–H groups in total. The summed E-state index contributed by atoms with van der Waals surface area (Å²) in [7, 11) is 0. The predicted octanol–water partition coefficient (Wildman–Crippen LogP) is 5.53. The zero-order valence-electron chi connectivity index (χ0n) is 16.5. The summed E-state index contributed by atoms with van der Waals surface area (Å²) in [5, 5.41) is 0.505. The standard InChI is InChI=1S/C25H22O4/c1-17-8-11-19(12-9-17)24-25(28-15-14-27-20-6-4-3-5-7-20)23(26)21-13-10-18(2)16-22(21)29-24/h3-13,16H,14-15H2,1-2H3. The maximum Gasteiger partial charge on any atom is 0.235 e. The van der Waals surface area contributed by atoms with Crippen molar-refractivity contribution in [1.82, 2.24) is 0 Å². The molecule has 0 bridgehead atoms. The van der Waals surface area contributed by atoms with Gasteiger partial charge in [-0.15, -0.1) is 0 Å².